The maximum atomic E-state index is 5.10. The molecule has 2 nitrogen and oxygen atoms in total. The third-order valence-electron chi connectivity index (χ3n) is 1.26. The minimum atomic E-state index is 0.300. The van der Waals surface area contributed by atoms with Gasteiger partial charge in [-0.25, -0.2) is 0 Å². The van der Waals surface area contributed by atoms with E-state index >= 15 is 0 Å². The Labute approximate surface area is 47.4 Å². The molecule has 2 heteroatoms. The lowest BCUT2D eigenvalue weighted by molar-refractivity contribution is 0.368. The van der Waals surface area contributed by atoms with E-state index < -0.39 is 0 Å². The van der Waals surface area contributed by atoms with Gasteiger partial charge in [-0.05, 0) is 12.2 Å². The summed E-state index contributed by atoms with van der Waals surface area (Å²) < 4.78 is 9.96. The molecular formula is C6H6O2. The third kappa shape index (κ3) is 0.537. The molecule has 2 aliphatic heterocycles. The molecule has 42 valence electrons. The van der Waals surface area contributed by atoms with Crippen LogP contribution in [0.5, 0.6) is 0 Å². The molecule has 0 amide bonds. The first-order valence-corrected chi connectivity index (χ1v) is 2.61. The lowest BCUT2D eigenvalue weighted by atomic mass is 10.3. The Kier molecular flexibility index (Phi) is 0.704. The first kappa shape index (κ1) is 4.15. The van der Waals surface area contributed by atoms with Crippen LogP contribution in [0.2, 0.25) is 0 Å². The highest BCUT2D eigenvalue weighted by Gasteiger charge is 2.34. The number of epoxide rings is 1. The third-order valence-corrected chi connectivity index (χ3v) is 1.26. The lowest BCUT2D eigenvalue weighted by Gasteiger charge is -1.82. The fraction of sp³-hybridized carbons (Fsp3) is 0.333. The zero-order chi connectivity index (χ0) is 5.40. The highest BCUT2D eigenvalue weighted by Crippen LogP contribution is 2.25. The number of hydrogen-bond acceptors (Lipinski definition) is 2. The first-order valence-electron chi connectivity index (χ1n) is 2.61. The number of fused-ring (bicyclic) bond motifs is 1. The minimum Gasteiger partial charge on any atom is -0.473 e. The van der Waals surface area contributed by atoms with Crippen LogP contribution in [0.25, 0.3) is 0 Å². The van der Waals surface area contributed by atoms with Gasteiger partial charge in [0.2, 0.25) is 0 Å². The van der Waals surface area contributed by atoms with Crippen molar-refractivity contribution < 1.29 is 9.47 Å². The van der Waals surface area contributed by atoms with Crippen LogP contribution >= 0.6 is 0 Å². The first-order chi connectivity index (χ1) is 3.97. The van der Waals surface area contributed by atoms with E-state index in [4.69, 9.17) is 9.47 Å². The second kappa shape index (κ2) is 1.36. The lowest BCUT2D eigenvalue weighted by Crippen LogP contribution is -1.79. The molecule has 8 heavy (non-hydrogen) atoms. The van der Waals surface area contributed by atoms with Crippen LogP contribution in [-0.4, -0.2) is 12.2 Å². The van der Waals surface area contributed by atoms with Gasteiger partial charge in [-0.3, -0.25) is 0 Å². The largest absolute Gasteiger partial charge is 0.473 e. The molecule has 0 N–H and O–H groups in total. The Bertz CT molecular complexity index is 133. The van der Waals surface area contributed by atoms with E-state index in [0.29, 0.717) is 12.2 Å². The summed E-state index contributed by atoms with van der Waals surface area (Å²) >= 11 is 0. The van der Waals surface area contributed by atoms with E-state index in [1.165, 1.54) is 0 Å². The summed E-state index contributed by atoms with van der Waals surface area (Å²) in [6.07, 6.45) is 7.71. The van der Waals surface area contributed by atoms with Crippen molar-refractivity contribution in [1.82, 2.24) is 0 Å². The summed E-state index contributed by atoms with van der Waals surface area (Å²) in [5.41, 5.74) is 0. The molecule has 0 unspecified atom stereocenters. The van der Waals surface area contributed by atoms with Crippen LogP contribution in [0.1, 0.15) is 0 Å². The van der Waals surface area contributed by atoms with E-state index in [1.807, 2.05) is 12.2 Å². The van der Waals surface area contributed by atoms with Crippen molar-refractivity contribution in [3.05, 3.63) is 24.7 Å². The Morgan fingerprint density at radius 3 is 2.25 bits per heavy atom. The zero-order valence-corrected chi connectivity index (χ0v) is 4.28. The Hall–Kier alpha value is -0.760. The normalized spacial score (nSPS) is 40.0. The predicted molar refractivity (Wildman–Crippen MR) is 28.0 cm³/mol. The summed E-state index contributed by atoms with van der Waals surface area (Å²) in [7, 11) is 0. The van der Waals surface area contributed by atoms with Gasteiger partial charge >= 0.3 is 0 Å². The molecule has 0 aromatic heterocycles. The highest BCUT2D eigenvalue weighted by atomic mass is 16.6. The van der Waals surface area contributed by atoms with Crippen molar-refractivity contribution in [2.24, 2.45) is 0 Å². The van der Waals surface area contributed by atoms with Crippen LogP contribution in [-0.2, 0) is 9.47 Å². The van der Waals surface area contributed by atoms with Gasteiger partial charge in [0, 0.05) is 0 Å². The van der Waals surface area contributed by atoms with Crippen molar-refractivity contribution in [1.29, 1.82) is 0 Å². The second-order valence-corrected chi connectivity index (χ2v) is 1.86. The molecule has 0 aliphatic carbocycles. The topological polar surface area (TPSA) is 21.8 Å². The van der Waals surface area contributed by atoms with Gasteiger partial charge in [-0.1, -0.05) is 0 Å². The van der Waals surface area contributed by atoms with Crippen molar-refractivity contribution in [3.63, 3.8) is 0 Å². The monoisotopic (exact) mass is 110 g/mol. The molecule has 2 aliphatic rings. The fourth-order valence-electron chi connectivity index (χ4n) is 0.737. The van der Waals surface area contributed by atoms with Crippen molar-refractivity contribution >= 4 is 0 Å². The molecule has 0 aromatic carbocycles. The van der Waals surface area contributed by atoms with Crippen LogP contribution in [0.15, 0.2) is 24.7 Å². The van der Waals surface area contributed by atoms with E-state index in [0.717, 1.165) is 0 Å². The Morgan fingerprint density at radius 2 is 1.62 bits per heavy atom. The molecule has 2 atom stereocenters. The summed E-state index contributed by atoms with van der Waals surface area (Å²) in [6, 6.07) is 0. The number of rotatable bonds is 0. The number of ether oxygens (including phenoxy) is 2. The second-order valence-electron chi connectivity index (χ2n) is 1.86. The smallest absolute Gasteiger partial charge is 0.110 e. The maximum Gasteiger partial charge on any atom is 0.110 e. The van der Waals surface area contributed by atoms with Gasteiger partial charge in [-0.2, -0.15) is 0 Å². The van der Waals surface area contributed by atoms with Crippen LogP contribution in [0.3, 0.4) is 0 Å². The van der Waals surface area contributed by atoms with Crippen molar-refractivity contribution in [2.75, 3.05) is 0 Å². The standard InChI is InChI=1S/C6H6O2/c1-3-7-4-2-6-5(1)8-6/h1-6H/t5-,6+. The average molecular weight is 110 g/mol. The quantitative estimate of drug-likeness (QED) is 0.430. The maximum absolute atomic E-state index is 5.10. The summed E-state index contributed by atoms with van der Waals surface area (Å²) in [4.78, 5) is 0. The van der Waals surface area contributed by atoms with Crippen LogP contribution in [0, 0.1) is 0 Å². The Balaban J connectivity index is 2.17. The molecular weight excluding hydrogens is 104 g/mol. The molecule has 0 spiro atoms. The van der Waals surface area contributed by atoms with Gasteiger partial charge in [0.05, 0.1) is 12.5 Å². The highest BCUT2D eigenvalue weighted by molar-refractivity contribution is 5.11. The van der Waals surface area contributed by atoms with Crippen molar-refractivity contribution in [3.8, 4) is 0 Å². The fourth-order valence-corrected chi connectivity index (χ4v) is 0.737. The predicted octanol–water partition coefficient (Wildman–Crippen LogP) is 0.811. The van der Waals surface area contributed by atoms with E-state index in [1.54, 1.807) is 12.5 Å². The summed E-state index contributed by atoms with van der Waals surface area (Å²) in [6.45, 7) is 0. The van der Waals surface area contributed by atoms with Gasteiger partial charge in [0.15, 0.2) is 0 Å². The summed E-state index contributed by atoms with van der Waals surface area (Å²) in [5, 5.41) is 0. The van der Waals surface area contributed by atoms with Gasteiger partial charge in [0.25, 0.3) is 0 Å². The molecule has 2 rings (SSSR count). The molecule has 0 saturated carbocycles. The molecule has 0 aromatic rings. The van der Waals surface area contributed by atoms with Gasteiger partial charge < -0.3 is 9.47 Å². The SMILES string of the molecule is C1=C[C@@H]2O[C@@H]2C=CO1. The van der Waals surface area contributed by atoms with Gasteiger partial charge in [-0.15, -0.1) is 0 Å². The average Bonchev–Trinajstić information content (AvgIpc) is 2.36. The van der Waals surface area contributed by atoms with Crippen molar-refractivity contribution in [2.45, 2.75) is 12.2 Å². The zero-order valence-electron chi connectivity index (χ0n) is 4.28. The van der Waals surface area contributed by atoms with Crippen LogP contribution in [0.4, 0.5) is 0 Å². The molecule has 1 fully saturated rings. The van der Waals surface area contributed by atoms with E-state index in [-0.39, 0.29) is 0 Å². The van der Waals surface area contributed by atoms with E-state index in [9.17, 15) is 0 Å². The number of hydrogen-bond donors (Lipinski definition) is 0. The molecule has 2 heterocycles. The van der Waals surface area contributed by atoms with Crippen LogP contribution < -0.4 is 0 Å². The molecule has 0 radical (unpaired) electrons. The molecule has 0 bridgehead atoms. The van der Waals surface area contributed by atoms with Gasteiger partial charge in [0.1, 0.15) is 12.2 Å². The minimum absolute atomic E-state index is 0.300. The Morgan fingerprint density at radius 1 is 1.00 bits per heavy atom. The van der Waals surface area contributed by atoms with E-state index in [2.05, 4.69) is 0 Å². The molecule has 1 saturated heterocycles. The summed E-state index contributed by atoms with van der Waals surface area (Å²) in [5.74, 6) is 0.